The number of hydroxylamine groups is 1. The number of aromatic nitrogens is 2. The van der Waals surface area contributed by atoms with Gasteiger partial charge >= 0.3 is 0 Å². The Morgan fingerprint density at radius 1 is 1.17 bits per heavy atom. The van der Waals surface area contributed by atoms with E-state index in [0.717, 1.165) is 79.8 Å². The molecule has 2 aromatic carbocycles. The van der Waals surface area contributed by atoms with Gasteiger partial charge in [-0.2, -0.15) is 0 Å². The molecule has 1 unspecified atom stereocenters. The van der Waals surface area contributed by atoms with Gasteiger partial charge in [0.25, 0.3) is 5.91 Å². The van der Waals surface area contributed by atoms with Crippen LogP contribution in [0.2, 0.25) is 0 Å². The molecule has 2 fully saturated rings. The van der Waals surface area contributed by atoms with Crippen LogP contribution >= 0.6 is 0 Å². The third kappa shape index (κ3) is 6.28. The monoisotopic (exact) mass is 475 g/mol. The lowest BCUT2D eigenvalue weighted by molar-refractivity contribution is -0.198. The number of fused-ring (bicyclic) bond motifs is 1. The van der Waals surface area contributed by atoms with E-state index in [4.69, 9.17) is 14.6 Å². The van der Waals surface area contributed by atoms with Gasteiger partial charge in [0.15, 0.2) is 6.29 Å². The molecule has 0 bridgehead atoms. The second kappa shape index (κ2) is 11.0. The fraction of sp³-hybridized carbons (Fsp3) is 0.407. The lowest BCUT2D eigenvalue weighted by Crippen LogP contribution is -2.44. The number of hydrogen-bond acceptors (Lipinski definition) is 6. The van der Waals surface area contributed by atoms with Crippen LogP contribution in [0.25, 0.3) is 17.1 Å². The number of nitrogens with zero attached hydrogens (tertiary/aromatic N) is 3. The molecule has 8 heteroatoms. The van der Waals surface area contributed by atoms with Gasteiger partial charge in [-0.05, 0) is 55.3 Å². The lowest BCUT2D eigenvalue weighted by atomic mass is 10.1. The van der Waals surface area contributed by atoms with E-state index >= 15 is 0 Å². The van der Waals surface area contributed by atoms with Gasteiger partial charge in [0.2, 0.25) is 0 Å². The molecule has 2 N–H and O–H groups in total. The van der Waals surface area contributed by atoms with Crippen LogP contribution in [0.4, 0.5) is 5.69 Å². The maximum Gasteiger partial charge on any atom is 0.267 e. The number of imidazole rings is 1. The van der Waals surface area contributed by atoms with Crippen LogP contribution in [-0.4, -0.2) is 66.9 Å². The highest BCUT2D eigenvalue weighted by Gasteiger charge is 2.16. The van der Waals surface area contributed by atoms with Gasteiger partial charge < -0.3 is 19.5 Å². The van der Waals surface area contributed by atoms with Crippen molar-refractivity contribution in [2.24, 2.45) is 0 Å². The average molecular weight is 476 g/mol. The predicted octanol–water partition coefficient (Wildman–Crippen LogP) is 3.49. The second-order valence-corrected chi connectivity index (χ2v) is 9.31. The zero-order valence-electron chi connectivity index (χ0n) is 20.2. The highest BCUT2D eigenvalue weighted by Crippen LogP contribution is 2.23. The van der Waals surface area contributed by atoms with E-state index in [0.29, 0.717) is 6.61 Å². The number of piperazine rings is 1. The van der Waals surface area contributed by atoms with Crippen LogP contribution in [0, 0.1) is 0 Å². The smallest absolute Gasteiger partial charge is 0.267 e. The van der Waals surface area contributed by atoms with Gasteiger partial charge in [-0.15, -0.1) is 0 Å². The first kappa shape index (κ1) is 23.5. The summed E-state index contributed by atoms with van der Waals surface area (Å²) >= 11 is 0. The van der Waals surface area contributed by atoms with Crippen molar-refractivity contribution in [3.63, 3.8) is 0 Å². The molecule has 0 saturated carbocycles. The first-order chi connectivity index (χ1) is 17.1. The molecule has 2 aliphatic rings. The number of rotatable bonds is 7. The molecule has 0 spiro atoms. The van der Waals surface area contributed by atoms with Gasteiger partial charge in [0.1, 0.15) is 5.82 Å². The number of likely N-dealkylation sites (N-methyl/N-ethyl adjacent to an activating group) is 1. The Morgan fingerprint density at radius 2 is 2.00 bits per heavy atom. The number of H-pyrrole nitrogens is 1. The number of carbonyl (C=O) groups excluding carboxylic acids is 1. The highest BCUT2D eigenvalue weighted by atomic mass is 16.8. The van der Waals surface area contributed by atoms with E-state index in [9.17, 15) is 4.79 Å². The van der Waals surface area contributed by atoms with Crippen molar-refractivity contribution >= 4 is 28.7 Å². The number of amides is 1. The molecule has 3 heterocycles. The van der Waals surface area contributed by atoms with Crippen molar-refractivity contribution in [1.29, 1.82) is 0 Å². The van der Waals surface area contributed by atoms with E-state index in [1.54, 1.807) is 6.08 Å². The third-order valence-electron chi connectivity index (χ3n) is 6.59. The Morgan fingerprint density at radius 3 is 2.77 bits per heavy atom. The molecule has 184 valence electrons. The summed E-state index contributed by atoms with van der Waals surface area (Å²) in [7, 11) is 2.17. The van der Waals surface area contributed by atoms with Gasteiger partial charge in [0.05, 0.1) is 11.0 Å². The Balaban J connectivity index is 1.15. The van der Waals surface area contributed by atoms with Crippen LogP contribution in [0.3, 0.4) is 0 Å². The van der Waals surface area contributed by atoms with Crippen molar-refractivity contribution in [2.75, 3.05) is 44.7 Å². The van der Waals surface area contributed by atoms with Crippen LogP contribution in [0.5, 0.6) is 0 Å². The number of carbonyl (C=O) groups is 1. The molecule has 1 amide bonds. The maximum absolute atomic E-state index is 12.0. The Kier molecular flexibility index (Phi) is 7.42. The maximum atomic E-state index is 12.0. The van der Waals surface area contributed by atoms with Crippen molar-refractivity contribution in [2.45, 2.75) is 32.0 Å². The molecule has 5 rings (SSSR count). The predicted molar refractivity (Wildman–Crippen MR) is 137 cm³/mol. The molecule has 2 aliphatic heterocycles. The molecule has 1 atom stereocenters. The van der Waals surface area contributed by atoms with E-state index in [1.165, 1.54) is 11.8 Å². The van der Waals surface area contributed by atoms with Crippen LogP contribution < -0.4 is 10.4 Å². The summed E-state index contributed by atoms with van der Waals surface area (Å²) in [6.45, 7) is 4.95. The molecular weight excluding hydrogens is 442 g/mol. The standard InChI is InChI=1S/C27H33N5O3/c1-31-13-15-32(16-14-31)22-10-11-23-24(19-22)29-25(28-23)18-21-7-5-20(6-8-21)9-12-26(33)30-35-27-4-2-3-17-34-27/h5-12,19,27H,2-4,13-18H2,1H3,(H,28,29)(H,30,33). The number of hydrogen-bond donors (Lipinski definition) is 2. The topological polar surface area (TPSA) is 82.7 Å². The van der Waals surface area contributed by atoms with Gasteiger partial charge in [-0.25, -0.2) is 15.3 Å². The minimum absolute atomic E-state index is 0.304. The fourth-order valence-electron chi connectivity index (χ4n) is 4.47. The number of aromatic amines is 1. The van der Waals surface area contributed by atoms with E-state index in [1.807, 2.05) is 12.1 Å². The summed E-state index contributed by atoms with van der Waals surface area (Å²) < 4.78 is 5.44. The lowest BCUT2D eigenvalue weighted by Gasteiger charge is -2.34. The molecular formula is C27H33N5O3. The number of benzene rings is 2. The van der Waals surface area contributed by atoms with Crippen molar-refractivity contribution in [3.05, 3.63) is 65.5 Å². The van der Waals surface area contributed by atoms with Gasteiger partial charge in [-0.3, -0.25) is 4.79 Å². The third-order valence-corrected chi connectivity index (χ3v) is 6.59. The van der Waals surface area contributed by atoms with Crippen LogP contribution in [0.15, 0.2) is 48.5 Å². The Hall–Kier alpha value is -3.20. The zero-order valence-corrected chi connectivity index (χ0v) is 20.2. The molecule has 0 aliphatic carbocycles. The highest BCUT2D eigenvalue weighted by molar-refractivity contribution is 5.90. The molecule has 2 saturated heterocycles. The quantitative estimate of drug-likeness (QED) is 0.402. The Labute approximate surface area is 205 Å². The minimum atomic E-state index is -0.350. The molecule has 1 aromatic heterocycles. The van der Waals surface area contributed by atoms with Crippen molar-refractivity contribution < 1.29 is 14.4 Å². The second-order valence-electron chi connectivity index (χ2n) is 9.31. The van der Waals surface area contributed by atoms with Gasteiger partial charge in [0, 0.05) is 57.4 Å². The average Bonchev–Trinajstić information content (AvgIpc) is 3.29. The van der Waals surface area contributed by atoms with Crippen LogP contribution in [0.1, 0.15) is 36.2 Å². The minimum Gasteiger partial charge on any atom is -0.369 e. The number of ether oxygens (including phenoxy) is 1. The van der Waals surface area contributed by atoms with E-state index < -0.39 is 0 Å². The molecule has 8 nitrogen and oxygen atoms in total. The molecule has 3 aromatic rings. The first-order valence-electron chi connectivity index (χ1n) is 12.4. The SMILES string of the molecule is CN1CCN(c2ccc3nc(Cc4ccc(C=CC(=O)NOC5CCCCO5)cc4)[nH]c3c2)CC1. The summed E-state index contributed by atoms with van der Waals surface area (Å²) in [5.74, 6) is 0.641. The molecule has 35 heavy (non-hydrogen) atoms. The number of nitrogens with one attached hydrogen (secondary N) is 2. The normalized spacial score (nSPS) is 19.5. The number of anilines is 1. The fourth-order valence-corrected chi connectivity index (χ4v) is 4.47. The molecule has 0 radical (unpaired) electrons. The van der Waals surface area contributed by atoms with E-state index in [-0.39, 0.29) is 12.2 Å². The first-order valence-corrected chi connectivity index (χ1v) is 12.4. The summed E-state index contributed by atoms with van der Waals surface area (Å²) in [5.41, 5.74) is 7.85. The summed E-state index contributed by atoms with van der Waals surface area (Å²) in [6.07, 6.45) is 6.50. The summed E-state index contributed by atoms with van der Waals surface area (Å²) in [6, 6.07) is 14.6. The Bertz CT molecular complexity index is 1160. The van der Waals surface area contributed by atoms with E-state index in [2.05, 4.69) is 57.6 Å². The summed E-state index contributed by atoms with van der Waals surface area (Å²) in [4.78, 5) is 30.4. The largest absolute Gasteiger partial charge is 0.369 e. The van der Waals surface area contributed by atoms with Gasteiger partial charge in [-0.1, -0.05) is 24.3 Å². The summed E-state index contributed by atoms with van der Waals surface area (Å²) in [5, 5.41) is 0. The van der Waals surface area contributed by atoms with Crippen LogP contribution in [-0.2, 0) is 20.8 Å². The van der Waals surface area contributed by atoms with Crippen molar-refractivity contribution in [1.82, 2.24) is 20.3 Å². The zero-order chi connectivity index (χ0) is 24.0. The van der Waals surface area contributed by atoms with Crippen molar-refractivity contribution in [3.8, 4) is 0 Å².